The van der Waals surface area contributed by atoms with Crippen LogP contribution < -0.4 is 0 Å². The number of carboxylic acid groups (broad SMARTS) is 1. The Balaban J connectivity index is 2.59. The molecule has 0 bridgehead atoms. The van der Waals surface area contributed by atoms with Crippen molar-refractivity contribution in [2.24, 2.45) is 0 Å². The van der Waals surface area contributed by atoms with E-state index in [0.29, 0.717) is 19.4 Å². The first kappa shape index (κ1) is 10.7. The number of rotatable bonds is 3. The number of carbonyl (C=O) groups is 1. The van der Waals surface area contributed by atoms with Gasteiger partial charge >= 0.3 is 13.6 Å². The minimum atomic E-state index is -4.13. The molecule has 3 N–H and O–H groups in total. The van der Waals surface area contributed by atoms with Crippen molar-refractivity contribution in [1.82, 2.24) is 4.90 Å². The quantitative estimate of drug-likeness (QED) is 0.550. The molecule has 1 fully saturated rings. The average molecular weight is 209 g/mol. The van der Waals surface area contributed by atoms with Gasteiger partial charge < -0.3 is 14.9 Å². The zero-order chi connectivity index (χ0) is 10.1. The van der Waals surface area contributed by atoms with E-state index >= 15 is 0 Å². The van der Waals surface area contributed by atoms with Crippen LogP contribution in [0.25, 0.3) is 0 Å². The fraction of sp³-hybridized carbons (Fsp3) is 0.833. The number of hydrogen-bond donors (Lipinski definition) is 3. The fourth-order valence-corrected chi connectivity index (χ4v) is 2.32. The molecule has 0 aromatic heterocycles. The molecule has 0 unspecified atom stereocenters. The van der Waals surface area contributed by atoms with Crippen molar-refractivity contribution in [3.05, 3.63) is 0 Å². The van der Waals surface area contributed by atoms with E-state index in [-0.39, 0.29) is 0 Å². The summed E-state index contributed by atoms with van der Waals surface area (Å²) in [5, 5.41) is 8.69. The van der Waals surface area contributed by atoms with Crippen LogP contribution in [0.2, 0.25) is 0 Å². The maximum atomic E-state index is 10.6. The summed E-state index contributed by atoms with van der Waals surface area (Å²) in [6.45, 7) is 0.447. The highest BCUT2D eigenvalue weighted by Gasteiger charge is 2.34. The highest BCUT2D eigenvalue weighted by atomic mass is 31.2. The Kier molecular flexibility index (Phi) is 3.08. The first-order chi connectivity index (χ1) is 5.90. The molecular weight excluding hydrogens is 197 g/mol. The van der Waals surface area contributed by atoms with Crippen LogP contribution in [-0.2, 0) is 9.36 Å². The third kappa shape index (κ3) is 3.08. The summed E-state index contributed by atoms with van der Waals surface area (Å²) in [5.74, 6) is -1.01. The third-order valence-corrected chi connectivity index (χ3v) is 2.75. The van der Waals surface area contributed by atoms with Crippen LogP contribution in [0.4, 0.5) is 0 Å². The molecule has 0 aliphatic carbocycles. The minimum absolute atomic E-state index is 0.447. The van der Waals surface area contributed by atoms with Crippen molar-refractivity contribution in [3.63, 3.8) is 0 Å². The van der Waals surface area contributed by atoms with Gasteiger partial charge in [0.1, 0.15) is 12.3 Å². The van der Waals surface area contributed by atoms with Crippen LogP contribution in [-0.4, -0.2) is 44.6 Å². The summed E-state index contributed by atoms with van der Waals surface area (Å²) in [6, 6.07) is -0.729. The van der Waals surface area contributed by atoms with Crippen molar-refractivity contribution in [2.75, 3.05) is 12.8 Å². The van der Waals surface area contributed by atoms with Crippen molar-refractivity contribution in [1.29, 1.82) is 0 Å². The fourth-order valence-electron chi connectivity index (χ4n) is 1.51. The van der Waals surface area contributed by atoms with Crippen LogP contribution in [0.5, 0.6) is 0 Å². The maximum absolute atomic E-state index is 10.6. The predicted molar refractivity (Wildman–Crippen MR) is 44.3 cm³/mol. The SMILES string of the molecule is O=C(O)[C@H]1CCCN1CP(=O)(O)O. The summed E-state index contributed by atoms with van der Waals surface area (Å²) >= 11 is 0. The number of likely N-dealkylation sites (tertiary alicyclic amines) is 1. The molecule has 0 radical (unpaired) electrons. The highest BCUT2D eigenvalue weighted by Crippen LogP contribution is 2.37. The van der Waals surface area contributed by atoms with Crippen molar-refractivity contribution in [3.8, 4) is 0 Å². The molecule has 1 atom stereocenters. The number of hydrogen-bond acceptors (Lipinski definition) is 3. The van der Waals surface area contributed by atoms with Crippen LogP contribution in [0.3, 0.4) is 0 Å². The molecule has 6 nitrogen and oxygen atoms in total. The summed E-state index contributed by atoms with van der Waals surface area (Å²) in [7, 11) is -4.13. The molecule has 1 heterocycles. The summed E-state index contributed by atoms with van der Waals surface area (Å²) in [5.41, 5.74) is 0. The molecule has 1 aliphatic heterocycles. The summed E-state index contributed by atoms with van der Waals surface area (Å²) in [4.78, 5) is 29.2. The normalized spacial score (nSPS) is 24.9. The molecule has 0 aromatic carbocycles. The first-order valence-electron chi connectivity index (χ1n) is 3.91. The van der Waals surface area contributed by atoms with Crippen LogP contribution >= 0.6 is 7.60 Å². The second-order valence-corrected chi connectivity index (χ2v) is 4.73. The molecule has 0 amide bonds. The van der Waals surface area contributed by atoms with E-state index in [1.165, 1.54) is 4.90 Å². The predicted octanol–water partition coefficient (Wildman–Crippen LogP) is -0.329. The van der Waals surface area contributed by atoms with Gasteiger partial charge in [0.15, 0.2) is 0 Å². The maximum Gasteiger partial charge on any atom is 0.339 e. The van der Waals surface area contributed by atoms with E-state index < -0.39 is 25.9 Å². The average Bonchev–Trinajstić information content (AvgIpc) is 2.31. The molecule has 1 rings (SSSR count). The van der Waals surface area contributed by atoms with Crippen molar-refractivity contribution >= 4 is 13.6 Å². The molecule has 1 aliphatic rings. The topological polar surface area (TPSA) is 98.1 Å². The Hall–Kier alpha value is -0.420. The molecule has 0 saturated carbocycles. The largest absolute Gasteiger partial charge is 0.480 e. The standard InChI is InChI=1S/C6H12NO5P/c8-6(9)5-2-1-3-7(5)4-13(10,11)12/h5H,1-4H2,(H,8,9)(H2,10,11,12)/t5-/m1/s1. The third-order valence-electron chi connectivity index (χ3n) is 2.01. The Morgan fingerprint density at radius 3 is 2.62 bits per heavy atom. The Morgan fingerprint density at radius 1 is 1.54 bits per heavy atom. The molecule has 13 heavy (non-hydrogen) atoms. The van der Waals surface area contributed by atoms with E-state index in [4.69, 9.17) is 14.9 Å². The van der Waals surface area contributed by atoms with Gasteiger partial charge in [-0.2, -0.15) is 0 Å². The van der Waals surface area contributed by atoms with Gasteiger partial charge in [-0.15, -0.1) is 0 Å². The summed E-state index contributed by atoms with van der Waals surface area (Å²) in [6.07, 6.45) is 0.691. The molecular formula is C6H12NO5P. The van der Waals surface area contributed by atoms with Gasteiger partial charge in [0.2, 0.25) is 0 Å². The monoisotopic (exact) mass is 209 g/mol. The van der Waals surface area contributed by atoms with E-state index in [1.807, 2.05) is 0 Å². The highest BCUT2D eigenvalue weighted by molar-refractivity contribution is 7.51. The molecule has 7 heteroatoms. The second-order valence-electron chi connectivity index (χ2n) is 3.11. The lowest BCUT2D eigenvalue weighted by Gasteiger charge is -2.20. The van der Waals surface area contributed by atoms with Crippen LogP contribution in [0, 0.1) is 0 Å². The zero-order valence-electron chi connectivity index (χ0n) is 6.96. The van der Waals surface area contributed by atoms with Crippen LogP contribution in [0.1, 0.15) is 12.8 Å². The number of carboxylic acids is 1. The van der Waals surface area contributed by atoms with E-state index in [0.717, 1.165) is 0 Å². The Labute approximate surface area is 75.3 Å². The van der Waals surface area contributed by atoms with Gasteiger partial charge in [-0.25, -0.2) is 0 Å². The lowest BCUT2D eigenvalue weighted by molar-refractivity contribution is -0.141. The lowest BCUT2D eigenvalue weighted by Crippen LogP contribution is -2.36. The van der Waals surface area contributed by atoms with Gasteiger partial charge in [0.05, 0.1) is 0 Å². The molecule has 1 saturated heterocycles. The zero-order valence-corrected chi connectivity index (χ0v) is 7.85. The number of nitrogens with zero attached hydrogens (tertiary/aromatic N) is 1. The van der Waals surface area contributed by atoms with Gasteiger partial charge in [0, 0.05) is 0 Å². The second kappa shape index (κ2) is 3.75. The van der Waals surface area contributed by atoms with E-state index in [1.54, 1.807) is 0 Å². The van der Waals surface area contributed by atoms with Gasteiger partial charge in [0.25, 0.3) is 0 Å². The molecule has 76 valence electrons. The van der Waals surface area contributed by atoms with Crippen molar-refractivity contribution < 1.29 is 24.3 Å². The Bertz CT molecular complexity index is 249. The molecule has 0 aromatic rings. The summed E-state index contributed by atoms with van der Waals surface area (Å²) < 4.78 is 10.6. The van der Waals surface area contributed by atoms with Gasteiger partial charge in [-0.3, -0.25) is 14.3 Å². The number of aliphatic carboxylic acids is 1. The van der Waals surface area contributed by atoms with Crippen molar-refractivity contribution in [2.45, 2.75) is 18.9 Å². The Morgan fingerprint density at radius 2 is 2.15 bits per heavy atom. The molecule has 0 spiro atoms. The van der Waals surface area contributed by atoms with Gasteiger partial charge in [-0.05, 0) is 19.4 Å². The van der Waals surface area contributed by atoms with Crippen LogP contribution in [0.15, 0.2) is 0 Å². The van der Waals surface area contributed by atoms with Gasteiger partial charge in [-0.1, -0.05) is 0 Å². The van der Waals surface area contributed by atoms with E-state index in [9.17, 15) is 9.36 Å². The smallest absolute Gasteiger partial charge is 0.339 e. The lowest BCUT2D eigenvalue weighted by atomic mass is 10.2. The first-order valence-corrected chi connectivity index (χ1v) is 5.71. The minimum Gasteiger partial charge on any atom is -0.480 e. The van der Waals surface area contributed by atoms with E-state index in [2.05, 4.69) is 0 Å².